The summed E-state index contributed by atoms with van der Waals surface area (Å²) < 4.78 is 10.8. The van der Waals surface area contributed by atoms with Gasteiger partial charge >= 0.3 is 0 Å². The summed E-state index contributed by atoms with van der Waals surface area (Å²) >= 11 is 12.2. The first-order valence-corrected chi connectivity index (χ1v) is 8.78. The molecule has 1 fully saturated rings. The van der Waals surface area contributed by atoms with Crippen LogP contribution in [-0.2, 0) is 0 Å². The number of halogens is 2. The van der Waals surface area contributed by atoms with Gasteiger partial charge in [-0.3, -0.25) is 4.79 Å². The molecule has 6 heteroatoms. The second-order valence-electron chi connectivity index (χ2n) is 5.89. The van der Waals surface area contributed by atoms with Crippen LogP contribution in [0.15, 0.2) is 36.4 Å². The lowest BCUT2D eigenvalue weighted by Gasteiger charge is -2.27. The lowest BCUT2D eigenvalue weighted by Crippen LogP contribution is -2.31. The van der Waals surface area contributed by atoms with Crippen LogP contribution in [0.5, 0.6) is 11.5 Å². The molecule has 0 N–H and O–H groups in total. The summed E-state index contributed by atoms with van der Waals surface area (Å²) in [5, 5.41) is 0.876. The van der Waals surface area contributed by atoms with Gasteiger partial charge in [-0.25, -0.2) is 0 Å². The van der Waals surface area contributed by atoms with Crippen LogP contribution in [0.25, 0.3) is 0 Å². The van der Waals surface area contributed by atoms with Gasteiger partial charge in [-0.15, -0.1) is 0 Å². The lowest BCUT2D eigenvalue weighted by atomic mass is 10.0. The van der Waals surface area contributed by atoms with E-state index in [1.165, 1.54) is 0 Å². The maximum atomic E-state index is 13.0. The highest BCUT2D eigenvalue weighted by molar-refractivity contribution is 6.36. The Balaban J connectivity index is 1.94. The average molecular weight is 380 g/mol. The summed E-state index contributed by atoms with van der Waals surface area (Å²) in [6.07, 6.45) is 1.80. The van der Waals surface area contributed by atoms with Gasteiger partial charge in [-0.2, -0.15) is 0 Å². The third kappa shape index (κ3) is 3.55. The molecule has 0 aliphatic carbocycles. The van der Waals surface area contributed by atoms with Crippen LogP contribution >= 0.6 is 23.2 Å². The number of carbonyl (C=O) groups excluding carboxylic acids is 1. The van der Waals surface area contributed by atoms with E-state index in [9.17, 15) is 4.79 Å². The molecule has 132 valence electrons. The zero-order valence-corrected chi connectivity index (χ0v) is 15.6. The van der Waals surface area contributed by atoms with Crippen LogP contribution in [0, 0.1) is 0 Å². The number of carbonyl (C=O) groups is 1. The number of likely N-dealkylation sites (tertiary alicyclic amines) is 1. The average Bonchev–Trinajstić information content (AvgIpc) is 3.10. The number of amides is 1. The van der Waals surface area contributed by atoms with E-state index in [4.69, 9.17) is 32.7 Å². The topological polar surface area (TPSA) is 38.8 Å². The van der Waals surface area contributed by atoms with E-state index in [-0.39, 0.29) is 11.9 Å². The van der Waals surface area contributed by atoms with Gasteiger partial charge < -0.3 is 14.4 Å². The molecule has 1 heterocycles. The Hall–Kier alpha value is -1.91. The van der Waals surface area contributed by atoms with Gasteiger partial charge in [0.2, 0.25) is 0 Å². The Labute approximate surface area is 157 Å². The van der Waals surface area contributed by atoms with Crippen molar-refractivity contribution in [3.05, 3.63) is 57.6 Å². The zero-order valence-electron chi connectivity index (χ0n) is 14.1. The fourth-order valence-electron chi connectivity index (χ4n) is 3.24. The van der Waals surface area contributed by atoms with E-state index >= 15 is 0 Å². The first-order valence-electron chi connectivity index (χ1n) is 8.03. The number of nitrogens with zero attached hydrogens (tertiary/aromatic N) is 1. The van der Waals surface area contributed by atoms with Gasteiger partial charge in [0, 0.05) is 23.2 Å². The third-order valence-electron chi connectivity index (χ3n) is 4.47. The molecule has 4 nitrogen and oxygen atoms in total. The van der Waals surface area contributed by atoms with Crippen LogP contribution in [0.3, 0.4) is 0 Å². The maximum absolute atomic E-state index is 13.0. The molecule has 0 spiro atoms. The summed E-state index contributed by atoms with van der Waals surface area (Å²) in [5.74, 6) is 1.34. The van der Waals surface area contributed by atoms with Gasteiger partial charge in [0.05, 0.1) is 30.8 Å². The quantitative estimate of drug-likeness (QED) is 0.750. The molecule has 0 radical (unpaired) electrons. The van der Waals surface area contributed by atoms with Crippen LogP contribution in [0.4, 0.5) is 0 Å². The highest BCUT2D eigenvalue weighted by Gasteiger charge is 2.33. The van der Waals surface area contributed by atoms with Crippen molar-refractivity contribution >= 4 is 29.1 Å². The molecule has 1 aliphatic heterocycles. The fraction of sp³-hybridized carbons (Fsp3) is 0.316. The number of rotatable bonds is 4. The number of methoxy groups -OCH3 is 2. The van der Waals surface area contributed by atoms with Gasteiger partial charge in [0.1, 0.15) is 11.5 Å². The van der Waals surface area contributed by atoms with E-state index in [0.29, 0.717) is 27.9 Å². The summed E-state index contributed by atoms with van der Waals surface area (Å²) in [7, 11) is 3.23. The van der Waals surface area contributed by atoms with Gasteiger partial charge in [0.25, 0.3) is 5.91 Å². The summed E-state index contributed by atoms with van der Waals surface area (Å²) in [4.78, 5) is 14.9. The first kappa shape index (κ1) is 17.9. The monoisotopic (exact) mass is 379 g/mol. The molecular formula is C19H19Cl2NO3. The van der Waals surface area contributed by atoms with E-state index in [2.05, 4.69) is 0 Å². The van der Waals surface area contributed by atoms with Crippen molar-refractivity contribution in [2.45, 2.75) is 18.9 Å². The van der Waals surface area contributed by atoms with Crippen LogP contribution < -0.4 is 9.47 Å². The molecular weight excluding hydrogens is 361 g/mol. The Morgan fingerprint density at radius 2 is 1.92 bits per heavy atom. The van der Waals surface area contributed by atoms with Crippen LogP contribution in [0.1, 0.15) is 34.8 Å². The minimum absolute atomic E-state index is 0.0555. The molecule has 0 bridgehead atoms. The van der Waals surface area contributed by atoms with Gasteiger partial charge in [-0.1, -0.05) is 23.2 Å². The molecule has 1 unspecified atom stereocenters. The van der Waals surface area contributed by atoms with E-state index in [1.807, 2.05) is 23.1 Å². The van der Waals surface area contributed by atoms with E-state index in [1.54, 1.807) is 32.4 Å². The van der Waals surface area contributed by atoms with E-state index in [0.717, 1.165) is 24.2 Å². The highest BCUT2D eigenvalue weighted by atomic mass is 35.5. The zero-order chi connectivity index (χ0) is 18.0. The molecule has 2 aromatic carbocycles. The van der Waals surface area contributed by atoms with Crippen LogP contribution in [0.2, 0.25) is 10.0 Å². The predicted molar refractivity (Wildman–Crippen MR) is 99.0 cm³/mol. The summed E-state index contributed by atoms with van der Waals surface area (Å²) in [6, 6.07) is 10.6. The number of hydrogen-bond acceptors (Lipinski definition) is 3. The minimum atomic E-state index is -0.0953. The van der Waals surface area contributed by atoms with Crippen molar-refractivity contribution < 1.29 is 14.3 Å². The summed E-state index contributed by atoms with van der Waals surface area (Å²) in [5.41, 5.74) is 1.43. The second kappa shape index (κ2) is 7.54. The smallest absolute Gasteiger partial charge is 0.255 e. The third-order valence-corrected chi connectivity index (χ3v) is 5.02. The molecule has 25 heavy (non-hydrogen) atoms. The Kier molecular flexibility index (Phi) is 5.40. The molecule has 1 atom stereocenters. The van der Waals surface area contributed by atoms with Crippen molar-refractivity contribution in [3.63, 3.8) is 0 Å². The van der Waals surface area contributed by atoms with E-state index < -0.39 is 0 Å². The minimum Gasteiger partial charge on any atom is -0.497 e. The largest absolute Gasteiger partial charge is 0.497 e. The Morgan fingerprint density at radius 3 is 2.60 bits per heavy atom. The normalized spacial score (nSPS) is 16.8. The molecule has 1 saturated heterocycles. The standard InChI is InChI=1S/C19H19Cl2NO3/c1-24-13-6-8-15(18(11-13)25-2)17-4-3-9-22(17)19(23)14-7-5-12(20)10-16(14)21/h5-8,10-11,17H,3-4,9H2,1-2H3. The van der Waals surface area contributed by atoms with Crippen molar-refractivity contribution in [3.8, 4) is 11.5 Å². The van der Waals surface area contributed by atoms with Crippen LogP contribution in [-0.4, -0.2) is 31.6 Å². The van der Waals surface area contributed by atoms with Gasteiger partial charge in [-0.05, 0) is 43.2 Å². The first-order chi connectivity index (χ1) is 12.0. The van der Waals surface area contributed by atoms with Gasteiger partial charge in [0.15, 0.2) is 0 Å². The molecule has 0 aromatic heterocycles. The maximum Gasteiger partial charge on any atom is 0.255 e. The number of benzene rings is 2. The molecule has 0 saturated carbocycles. The second-order valence-corrected chi connectivity index (χ2v) is 6.73. The Morgan fingerprint density at radius 1 is 1.12 bits per heavy atom. The molecule has 1 amide bonds. The fourth-order valence-corrected chi connectivity index (χ4v) is 3.73. The van der Waals surface area contributed by atoms with Crippen molar-refractivity contribution in [2.75, 3.05) is 20.8 Å². The number of ether oxygens (including phenoxy) is 2. The molecule has 3 rings (SSSR count). The van der Waals surface area contributed by atoms with Crippen molar-refractivity contribution in [1.29, 1.82) is 0 Å². The highest BCUT2D eigenvalue weighted by Crippen LogP contribution is 2.40. The Bertz CT molecular complexity index is 794. The number of hydrogen-bond donors (Lipinski definition) is 0. The lowest BCUT2D eigenvalue weighted by molar-refractivity contribution is 0.0734. The van der Waals surface area contributed by atoms with Crippen molar-refractivity contribution in [1.82, 2.24) is 4.90 Å². The summed E-state index contributed by atoms with van der Waals surface area (Å²) in [6.45, 7) is 0.678. The predicted octanol–water partition coefficient (Wildman–Crippen LogP) is 4.99. The SMILES string of the molecule is COc1ccc(C2CCCN2C(=O)c2ccc(Cl)cc2Cl)c(OC)c1. The molecule has 2 aromatic rings. The van der Waals surface area contributed by atoms with Crippen molar-refractivity contribution in [2.24, 2.45) is 0 Å². The molecule has 1 aliphatic rings.